The van der Waals surface area contributed by atoms with Gasteiger partial charge in [-0.05, 0) is 56.8 Å². The Morgan fingerprint density at radius 3 is 2.77 bits per heavy atom. The molecule has 0 amide bonds. The zero-order chi connectivity index (χ0) is 20.8. The van der Waals surface area contributed by atoms with Gasteiger partial charge in [0.15, 0.2) is 5.96 Å². The van der Waals surface area contributed by atoms with Gasteiger partial charge in [-0.3, -0.25) is 9.89 Å². The Balaban J connectivity index is 0.00000272. The maximum absolute atomic E-state index is 6.02. The largest absolute Gasteiger partial charge is 0.492 e. The number of fused-ring (bicyclic) bond motifs is 2. The van der Waals surface area contributed by atoms with Crippen LogP contribution in [0, 0.1) is 0 Å². The molecule has 0 radical (unpaired) electrons. The summed E-state index contributed by atoms with van der Waals surface area (Å²) in [5, 5.41) is 6.95. The molecule has 3 saturated heterocycles. The fourth-order valence-electron chi connectivity index (χ4n) is 4.71. The van der Waals surface area contributed by atoms with Gasteiger partial charge in [0.1, 0.15) is 12.4 Å². The molecule has 0 spiro atoms. The van der Waals surface area contributed by atoms with E-state index in [2.05, 4.69) is 45.8 Å². The van der Waals surface area contributed by atoms with E-state index in [0.717, 1.165) is 57.2 Å². The van der Waals surface area contributed by atoms with Gasteiger partial charge in [0, 0.05) is 39.4 Å². The summed E-state index contributed by atoms with van der Waals surface area (Å²) in [5.74, 6) is 1.75. The molecule has 0 aromatic heterocycles. The Hall–Kier alpha value is -1.10. The minimum Gasteiger partial charge on any atom is -0.492 e. The topological polar surface area (TPSA) is 67.4 Å². The van der Waals surface area contributed by atoms with Gasteiger partial charge in [0.05, 0.1) is 18.2 Å². The van der Waals surface area contributed by atoms with E-state index in [4.69, 9.17) is 14.2 Å². The van der Waals surface area contributed by atoms with Crippen LogP contribution < -0.4 is 15.4 Å². The highest BCUT2D eigenvalue weighted by molar-refractivity contribution is 14.0. The lowest BCUT2D eigenvalue weighted by atomic mass is 9.96. The first kappa shape index (κ1) is 24.5. The van der Waals surface area contributed by atoms with Gasteiger partial charge >= 0.3 is 0 Å². The molecule has 3 unspecified atom stereocenters. The van der Waals surface area contributed by atoms with Crippen LogP contribution in [0.25, 0.3) is 0 Å². The van der Waals surface area contributed by atoms with Gasteiger partial charge in [-0.1, -0.05) is 12.1 Å². The highest BCUT2D eigenvalue weighted by Crippen LogP contribution is 2.34. The number of ether oxygens (including phenoxy) is 3. The average Bonchev–Trinajstić information content (AvgIpc) is 3.41. The van der Waals surface area contributed by atoms with E-state index < -0.39 is 0 Å². The van der Waals surface area contributed by atoms with Crippen molar-refractivity contribution in [1.82, 2.24) is 15.5 Å². The quantitative estimate of drug-likeness (QED) is 0.298. The van der Waals surface area contributed by atoms with Crippen LogP contribution in [0.2, 0.25) is 0 Å². The van der Waals surface area contributed by atoms with Crippen molar-refractivity contribution in [2.45, 2.75) is 62.9 Å². The number of nitrogens with one attached hydrogen (secondary N) is 2. The zero-order valence-corrected chi connectivity index (χ0v) is 21.0. The van der Waals surface area contributed by atoms with E-state index in [0.29, 0.717) is 37.4 Å². The minimum absolute atomic E-state index is 0. The molecule has 3 aliphatic rings. The van der Waals surface area contributed by atoms with Crippen molar-refractivity contribution in [3.05, 3.63) is 29.8 Å². The van der Waals surface area contributed by atoms with Crippen LogP contribution in [0.1, 0.15) is 37.7 Å². The molecule has 0 saturated carbocycles. The number of halogens is 1. The van der Waals surface area contributed by atoms with Crippen molar-refractivity contribution < 1.29 is 14.2 Å². The summed E-state index contributed by atoms with van der Waals surface area (Å²) >= 11 is 0. The number of aliphatic imine (C=N–C) groups is 1. The molecule has 174 valence electrons. The zero-order valence-electron chi connectivity index (χ0n) is 18.7. The number of benzene rings is 1. The number of guanidine groups is 1. The van der Waals surface area contributed by atoms with Crippen LogP contribution in [-0.4, -0.2) is 75.6 Å². The lowest BCUT2D eigenvalue weighted by molar-refractivity contribution is 0.0392. The Labute approximate surface area is 203 Å². The summed E-state index contributed by atoms with van der Waals surface area (Å²) in [6, 6.07) is 9.28. The smallest absolute Gasteiger partial charge is 0.191 e. The molecular weight excluding hydrogens is 507 g/mol. The summed E-state index contributed by atoms with van der Waals surface area (Å²) in [4.78, 5) is 6.77. The second kappa shape index (κ2) is 12.2. The monoisotopic (exact) mass is 544 g/mol. The van der Waals surface area contributed by atoms with Gasteiger partial charge in [-0.25, -0.2) is 0 Å². The molecule has 3 aliphatic heterocycles. The highest BCUT2D eigenvalue weighted by Gasteiger charge is 2.41. The summed E-state index contributed by atoms with van der Waals surface area (Å²) in [5.41, 5.74) is 1.18. The second-order valence-corrected chi connectivity index (χ2v) is 8.61. The third kappa shape index (κ3) is 6.94. The summed E-state index contributed by atoms with van der Waals surface area (Å²) in [6.07, 6.45) is 6.43. The normalized spacial score (nSPS) is 26.0. The van der Waals surface area contributed by atoms with Gasteiger partial charge in [0.2, 0.25) is 0 Å². The molecule has 1 aromatic carbocycles. The van der Waals surface area contributed by atoms with E-state index in [-0.39, 0.29) is 24.0 Å². The van der Waals surface area contributed by atoms with Crippen LogP contribution in [0.5, 0.6) is 5.75 Å². The molecule has 4 rings (SSSR count). The van der Waals surface area contributed by atoms with Crippen LogP contribution in [0.15, 0.2) is 29.3 Å². The molecule has 31 heavy (non-hydrogen) atoms. The van der Waals surface area contributed by atoms with Crippen LogP contribution in [-0.2, 0) is 16.0 Å². The Bertz CT molecular complexity index is 714. The van der Waals surface area contributed by atoms with Gasteiger partial charge in [0.25, 0.3) is 0 Å². The van der Waals surface area contributed by atoms with E-state index >= 15 is 0 Å². The predicted molar refractivity (Wildman–Crippen MR) is 133 cm³/mol. The number of likely N-dealkylation sites (N-methyl/N-ethyl adjacent to an activating group) is 1. The fourth-order valence-corrected chi connectivity index (χ4v) is 4.71. The van der Waals surface area contributed by atoms with Crippen molar-refractivity contribution in [3.63, 3.8) is 0 Å². The average molecular weight is 544 g/mol. The fraction of sp³-hybridized carbons (Fsp3) is 0.696. The van der Waals surface area contributed by atoms with E-state index in [1.807, 2.05) is 13.1 Å². The lowest BCUT2D eigenvalue weighted by Crippen LogP contribution is -2.47. The van der Waals surface area contributed by atoms with Crippen LogP contribution in [0.4, 0.5) is 0 Å². The number of hydrogen-bond donors (Lipinski definition) is 2. The van der Waals surface area contributed by atoms with Gasteiger partial charge in [-0.2, -0.15) is 0 Å². The maximum Gasteiger partial charge on any atom is 0.191 e. The van der Waals surface area contributed by atoms with Crippen LogP contribution in [0.3, 0.4) is 0 Å². The molecule has 3 fully saturated rings. The molecule has 3 atom stereocenters. The van der Waals surface area contributed by atoms with E-state index in [1.54, 1.807) is 0 Å². The van der Waals surface area contributed by atoms with E-state index in [9.17, 15) is 0 Å². The molecule has 0 aliphatic carbocycles. The first-order valence-corrected chi connectivity index (χ1v) is 11.3. The molecule has 3 heterocycles. The maximum atomic E-state index is 6.02. The Morgan fingerprint density at radius 1 is 1.23 bits per heavy atom. The van der Waals surface area contributed by atoms with Crippen molar-refractivity contribution in [2.24, 2.45) is 4.99 Å². The summed E-state index contributed by atoms with van der Waals surface area (Å²) < 4.78 is 17.4. The molecule has 8 heteroatoms. The van der Waals surface area contributed by atoms with Crippen molar-refractivity contribution in [1.29, 1.82) is 0 Å². The Morgan fingerprint density at radius 2 is 2.06 bits per heavy atom. The predicted octanol–water partition coefficient (Wildman–Crippen LogP) is 2.78. The molecule has 2 bridgehead atoms. The standard InChI is InChI=1S/C23H36N4O3.HI/c1-24-23(26-21-15-20-6-7-22(21)30-20)25-16-17-4-3-5-19(14-17)29-13-10-27(2)18-8-11-28-12-9-18;/h3-5,14,18,20-22H,6-13,15-16H2,1-2H3,(H2,24,25,26);1H. The summed E-state index contributed by atoms with van der Waals surface area (Å²) in [6.45, 7) is 4.07. The Kier molecular flexibility index (Phi) is 9.68. The van der Waals surface area contributed by atoms with Crippen LogP contribution >= 0.6 is 24.0 Å². The third-order valence-electron chi connectivity index (χ3n) is 6.54. The second-order valence-electron chi connectivity index (χ2n) is 8.61. The lowest BCUT2D eigenvalue weighted by Gasteiger charge is -2.31. The SMILES string of the molecule is CN=C(NCc1cccc(OCCN(C)C2CCOCC2)c1)NC1CC2CCC1O2.I. The first-order valence-electron chi connectivity index (χ1n) is 11.3. The van der Waals surface area contributed by atoms with E-state index in [1.165, 1.54) is 12.0 Å². The van der Waals surface area contributed by atoms with Crippen molar-refractivity contribution >= 4 is 29.9 Å². The number of rotatable bonds is 8. The molecule has 1 aromatic rings. The molecule has 7 nitrogen and oxygen atoms in total. The van der Waals surface area contributed by atoms with Gasteiger partial charge in [-0.15, -0.1) is 24.0 Å². The molecular formula is C23H37IN4O3. The van der Waals surface area contributed by atoms with Crippen molar-refractivity contribution in [2.75, 3.05) is 40.5 Å². The molecule has 2 N–H and O–H groups in total. The minimum atomic E-state index is 0. The van der Waals surface area contributed by atoms with Crippen molar-refractivity contribution in [3.8, 4) is 5.75 Å². The first-order chi connectivity index (χ1) is 14.7. The van der Waals surface area contributed by atoms with Gasteiger partial charge < -0.3 is 24.8 Å². The number of nitrogens with zero attached hydrogens (tertiary/aromatic N) is 2. The highest BCUT2D eigenvalue weighted by atomic mass is 127. The summed E-state index contributed by atoms with van der Waals surface area (Å²) in [7, 11) is 4.00. The third-order valence-corrected chi connectivity index (χ3v) is 6.54. The number of hydrogen-bond acceptors (Lipinski definition) is 5.